The summed E-state index contributed by atoms with van der Waals surface area (Å²) in [6.07, 6.45) is -0.937. The smallest absolute Gasteiger partial charge is 0.308 e. The Labute approximate surface area is 470 Å². The Morgan fingerprint density at radius 2 is 1.29 bits per heavy atom. The fourth-order valence-corrected chi connectivity index (χ4v) is 14.9. The molecule has 4 saturated carbocycles. The zero-order valence-corrected chi connectivity index (χ0v) is 46.0. The first-order chi connectivity index (χ1) is 38.7. The minimum absolute atomic E-state index is 0.0419. The van der Waals surface area contributed by atoms with Crippen molar-refractivity contribution in [1.82, 2.24) is 14.7 Å². The highest BCUT2D eigenvalue weighted by Crippen LogP contribution is 2.53. The van der Waals surface area contributed by atoms with Gasteiger partial charge < -0.3 is 31.2 Å². The zero-order valence-electron chi connectivity index (χ0n) is 46.0. The first-order valence-corrected chi connectivity index (χ1v) is 27.4. The van der Waals surface area contributed by atoms with Crippen LogP contribution in [0.1, 0.15) is 80.4 Å². The van der Waals surface area contributed by atoms with E-state index in [1.165, 1.54) is 58.1 Å². The Morgan fingerprint density at radius 3 is 1.90 bits per heavy atom. The fraction of sp³-hybridized carbons (Fsp3) is 0.483. The van der Waals surface area contributed by atoms with Crippen LogP contribution in [0.2, 0.25) is 0 Å². The van der Waals surface area contributed by atoms with Gasteiger partial charge in [0.05, 0.1) is 54.0 Å². The molecular weight excluding hydrogens is 1060 g/mol. The number of nitrogens with two attached hydrogens (primary N) is 2. The van der Waals surface area contributed by atoms with Gasteiger partial charge in [-0.05, 0) is 150 Å². The highest BCUT2D eigenvalue weighted by atomic mass is 16.5. The van der Waals surface area contributed by atoms with Crippen LogP contribution in [0.15, 0.2) is 48.5 Å². The number of ketones is 10. The number of aliphatic hydroxyl groups is 1. The van der Waals surface area contributed by atoms with Crippen molar-refractivity contribution in [3.8, 4) is 22.6 Å². The number of rotatable bonds is 13. The molecule has 1 heterocycles. The summed E-state index contributed by atoms with van der Waals surface area (Å²) in [6.45, 7) is 3.16. The predicted molar refractivity (Wildman–Crippen MR) is 284 cm³/mol. The number of piperidine rings is 1. The molecule has 6 N–H and O–H groups in total. The lowest BCUT2D eigenvalue weighted by Crippen LogP contribution is -2.74. The molecule has 1 saturated heterocycles. The molecule has 3 aromatic rings. The van der Waals surface area contributed by atoms with E-state index < -0.39 is 158 Å². The monoisotopic (exact) mass is 1130 g/mol. The number of ether oxygens (including phenoxy) is 2. The van der Waals surface area contributed by atoms with Gasteiger partial charge in [-0.15, -0.1) is 0 Å². The molecule has 22 heteroatoms. The second kappa shape index (κ2) is 21.2. The molecular formula is C60H63N5O17. The molecule has 1 aliphatic heterocycles. The molecule has 10 rings (SSSR count). The van der Waals surface area contributed by atoms with E-state index in [0.29, 0.717) is 49.2 Å². The van der Waals surface area contributed by atoms with Crippen LogP contribution < -0.4 is 16.2 Å². The van der Waals surface area contributed by atoms with Crippen molar-refractivity contribution in [2.75, 3.05) is 48.4 Å². The van der Waals surface area contributed by atoms with Crippen molar-refractivity contribution >= 4 is 75.6 Å². The number of likely N-dealkylation sites (N-methyl/N-ethyl adjacent to an activating group) is 2. The molecule has 13 atom stereocenters. The average Bonchev–Trinajstić information content (AvgIpc) is 0.960. The molecule has 0 radical (unpaired) electrons. The van der Waals surface area contributed by atoms with Crippen LogP contribution in [0, 0.1) is 59.2 Å². The van der Waals surface area contributed by atoms with E-state index in [1.807, 2.05) is 24.3 Å². The Kier molecular flexibility index (Phi) is 14.8. The molecule has 0 aromatic heterocycles. The molecule has 6 aliphatic carbocycles. The summed E-state index contributed by atoms with van der Waals surface area (Å²) >= 11 is 0. The number of esters is 1. The number of fused-ring (bicyclic) bond motifs is 6. The number of Topliss-reactive ketones (excluding diaryl/α,β-unsaturated/α-hetero) is 10. The number of phenols is 1. The maximum atomic E-state index is 15.3. The molecule has 7 unspecified atom stereocenters. The van der Waals surface area contributed by atoms with Crippen molar-refractivity contribution in [3.05, 3.63) is 81.9 Å². The highest BCUT2D eigenvalue weighted by molar-refractivity contribution is 6.46. The van der Waals surface area contributed by atoms with Gasteiger partial charge in [0.2, 0.25) is 23.4 Å². The van der Waals surface area contributed by atoms with Gasteiger partial charge in [-0.1, -0.05) is 30.3 Å². The van der Waals surface area contributed by atoms with Gasteiger partial charge in [-0.3, -0.25) is 77.0 Å². The topological polar surface area (TPSA) is 343 Å². The first kappa shape index (κ1) is 57.4. The summed E-state index contributed by atoms with van der Waals surface area (Å²) < 4.78 is 11.2. The second-order valence-electron chi connectivity index (χ2n) is 23.6. The SMILES string of the molecule is COC(=O)C1CCN(Cc2ccc(-c3ccc(OC(C)C(=O)C(=O)c4ccc(O)c5c4C[C@@H]4C[C@H]6C(C(=O)C(C(N)=O)C(=O)C6N(C)C)C(=O)C4C5=O)c4c3C[C@@H]3C[C@@H]5[C@@H](N(C)C)C(=O)C(C(N)=O)C(=O)[C@]5(O)C(=O)C3C4=O)cc2)CC1. The molecule has 2 amide bonds. The summed E-state index contributed by atoms with van der Waals surface area (Å²) in [5, 5.41) is 23.5. The number of amides is 2. The van der Waals surface area contributed by atoms with Crippen LogP contribution in [0.4, 0.5) is 0 Å². The van der Waals surface area contributed by atoms with E-state index in [9.17, 15) is 67.7 Å². The van der Waals surface area contributed by atoms with Crippen molar-refractivity contribution in [2.24, 2.45) is 70.6 Å². The van der Waals surface area contributed by atoms with Crippen LogP contribution >= 0.6 is 0 Å². The van der Waals surface area contributed by atoms with Crippen molar-refractivity contribution < 1.29 is 82.0 Å². The van der Waals surface area contributed by atoms with Gasteiger partial charge in [0.15, 0.2) is 69.8 Å². The number of phenolic OH excluding ortho intramolecular Hbond substituents is 1. The van der Waals surface area contributed by atoms with E-state index in [0.717, 1.165) is 17.7 Å². The molecule has 0 spiro atoms. The lowest BCUT2D eigenvalue weighted by molar-refractivity contribution is -0.181. The normalized spacial score (nSPS) is 30.4. The van der Waals surface area contributed by atoms with Gasteiger partial charge in [-0.2, -0.15) is 0 Å². The van der Waals surface area contributed by atoms with Crippen molar-refractivity contribution in [1.29, 1.82) is 0 Å². The summed E-state index contributed by atoms with van der Waals surface area (Å²) in [7, 11) is 7.42. The van der Waals surface area contributed by atoms with Gasteiger partial charge in [0, 0.05) is 18.0 Å². The first-order valence-electron chi connectivity index (χ1n) is 27.4. The fourth-order valence-electron chi connectivity index (χ4n) is 14.9. The minimum atomic E-state index is -2.99. The number of likely N-dealkylation sites (tertiary alicyclic amines) is 1. The van der Waals surface area contributed by atoms with E-state index in [4.69, 9.17) is 20.9 Å². The molecule has 430 valence electrons. The van der Waals surface area contributed by atoms with Crippen LogP contribution in [0.5, 0.6) is 11.5 Å². The molecule has 22 nitrogen and oxygen atoms in total. The maximum Gasteiger partial charge on any atom is 0.308 e. The zero-order chi connectivity index (χ0) is 59.5. The third-order valence-electron chi connectivity index (χ3n) is 18.7. The number of carbonyl (C=O) groups is 13. The predicted octanol–water partition coefficient (Wildman–Crippen LogP) is 0.498. The van der Waals surface area contributed by atoms with Crippen molar-refractivity contribution in [3.63, 3.8) is 0 Å². The van der Waals surface area contributed by atoms with Gasteiger partial charge in [0.1, 0.15) is 11.5 Å². The summed E-state index contributed by atoms with van der Waals surface area (Å²) in [4.78, 5) is 186. The minimum Gasteiger partial charge on any atom is -0.507 e. The van der Waals surface area contributed by atoms with Crippen LogP contribution in [-0.2, 0) is 72.1 Å². The second-order valence-corrected chi connectivity index (χ2v) is 23.6. The number of benzene rings is 3. The standard InChI is InChI=1S/C60H63N5O17/c1-24(47(67)48(68)31-11-13-36(66)40-33(31)19-28-21-34-42(50(70)38(28)49(40)69)52(72)43(57(61)77)53(73)45(34)63(2)3)82-37-14-12-30(26-9-7-25(8-10-26)23-65-17-15-27(16-18-65)59(79)81-6)32-20-29-22-35-46(64(4)5)54(74)44(58(62)78)56(76)60(35,80)55(75)39(29)51(71)41(32)37/h7-14,24,27-29,34-35,38-39,42-46,66,80H,15-23H2,1-6H3,(H2,61,77)(H2,62,78)/t24?,28-,29-,34+,35-,38?,39?,42?,43?,44?,45?,46-,60-/m1/s1. The van der Waals surface area contributed by atoms with E-state index in [2.05, 4.69) is 4.90 Å². The summed E-state index contributed by atoms with van der Waals surface area (Å²) in [6, 6.07) is 10.3. The largest absolute Gasteiger partial charge is 0.507 e. The molecule has 3 aromatic carbocycles. The summed E-state index contributed by atoms with van der Waals surface area (Å²) in [5.41, 5.74) is 9.52. The quantitative estimate of drug-likeness (QED) is 0.0783. The van der Waals surface area contributed by atoms with Crippen LogP contribution in [-0.4, -0.2) is 173 Å². The number of methoxy groups -OCH3 is 1. The maximum absolute atomic E-state index is 15.3. The molecule has 0 bridgehead atoms. The van der Waals surface area contributed by atoms with Gasteiger partial charge in [-0.25, -0.2) is 0 Å². The Morgan fingerprint density at radius 1 is 0.695 bits per heavy atom. The number of primary amides is 2. The Bertz CT molecular complexity index is 3380. The number of nitrogens with zero attached hydrogens (tertiary/aromatic N) is 3. The highest BCUT2D eigenvalue weighted by Gasteiger charge is 2.70. The van der Waals surface area contributed by atoms with E-state index in [-0.39, 0.29) is 60.0 Å². The summed E-state index contributed by atoms with van der Waals surface area (Å²) in [5.74, 6) is -27.3. The number of hydrogen-bond acceptors (Lipinski definition) is 20. The van der Waals surface area contributed by atoms with Gasteiger partial charge >= 0.3 is 5.97 Å². The molecule has 7 aliphatic rings. The molecule has 82 heavy (non-hydrogen) atoms. The number of carbonyl (C=O) groups excluding carboxylic acids is 13. The third-order valence-corrected chi connectivity index (χ3v) is 18.7. The number of hydrogen-bond donors (Lipinski definition) is 4. The van der Waals surface area contributed by atoms with Crippen molar-refractivity contribution in [2.45, 2.75) is 75.8 Å². The Balaban J connectivity index is 0.979. The number of aromatic hydroxyl groups is 1. The van der Waals surface area contributed by atoms with Crippen LogP contribution in [0.25, 0.3) is 11.1 Å². The lowest BCUT2D eigenvalue weighted by Gasteiger charge is -2.52. The Hall–Kier alpha value is -7.79. The van der Waals surface area contributed by atoms with E-state index in [1.54, 1.807) is 6.07 Å². The molecule has 5 fully saturated rings. The van der Waals surface area contributed by atoms with E-state index >= 15 is 4.79 Å². The lowest BCUT2D eigenvalue weighted by atomic mass is 9.52. The average molecular weight is 1130 g/mol. The van der Waals surface area contributed by atoms with Crippen LogP contribution in [0.3, 0.4) is 0 Å². The van der Waals surface area contributed by atoms with Gasteiger partial charge in [0.25, 0.3) is 0 Å². The third kappa shape index (κ3) is 8.96.